The van der Waals surface area contributed by atoms with Gasteiger partial charge in [0.05, 0.1) is 5.60 Å². The molecule has 2 heterocycles. The topological polar surface area (TPSA) is 50.3 Å². The number of rotatable bonds is 4. The number of hydrogen-bond acceptors (Lipinski definition) is 5. The van der Waals surface area contributed by atoms with Crippen LogP contribution in [0.4, 0.5) is 11.6 Å². The highest BCUT2D eigenvalue weighted by molar-refractivity contribution is 5.50. The standard InChI is InChI=1S/C15H26N4O/c1-11(2)14-17-12(16-4)9-13(18-14)19-8-6-7-15(3,10-19)20-5/h9,11H,6-8,10H2,1-5H3,(H,16,17,18). The first-order chi connectivity index (χ1) is 9.47. The summed E-state index contributed by atoms with van der Waals surface area (Å²) >= 11 is 0. The predicted molar refractivity (Wildman–Crippen MR) is 82.5 cm³/mol. The van der Waals surface area contributed by atoms with Crippen LogP contribution in [0.25, 0.3) is 0 Å². The monoisotopic (exact) mass is 278 g/mol. The van der Waals surface area contributed by atoms with Crippen molar-refractivity contribution in [1.82, 2.24) is 9.97 Å². The summed E-state index contributed by atoms with van der Waals surface area (Å²) in [7, 11) is 3.69. The van der Waals surface area contributed by atoms with Crippen molar-refractivity contribution in [3.05, 3.63) is 11.9 Å². The fourth-order valence-electron chi connectivity index (χ4n) is 2.57. The Morgan fingerprint density at radius 3 is 2.75 bits per heavy atom. The lowest BCUT2D eigenvalue weighted by Crippen LogP contribution is -2.47. The van der Waals surface area contributed by atoms with Gasteiger partial charge in [0.25, 0.3) is 0 Å². The van der Waals surface area contributed by atoms with Crippen LogP contribution in [-0.4, -0.2) is 42.8 Å². The van der Waals surface area contributed by atoms with Crippen LogP contribution in [0.3, 0.4) is 0 Å². The van der Waals surface area contributed by atoms with E-state index in [2.05, 4.69) is 36.0 Å². The van der Waals surface area contributed by atoms with E-state index < -0.39 is 0 Å². The summed E-state index contributed by atoms with van der Waals surface area (Å²) in [6.45, 7) is 8.31. The second kappa shape index (κ2) is 5.95. The summed E-state index contributed by atoms with van der Waals surface area (Å²) < 4.78 is 5.66. The first kappa shape index (κ1) is 15.0. The Hall–Kier alpha value is -1.36. The lowest BCUT2D eigenvalue weighted by Gasteiger charge is -2.40. The van der Waals surface area contributed by atoms with E-state index >= 15 is 0 Å². The normalized spacial score (nSPS) is 23.2. The number of aromatic nitrogens is 2. The van der Waals surface area contributed by atoms with Crippen molar-refractivity contribution in [1.29, 1.82) is 0 Å². The summed E-state index contributed by atoms with van der Waals surface area (Å²) in [5.74, 6) is 3.08. The molecule has 1 aliphatic rings. The van der Waals surface area contributed by atoms with Crippen LogP contribution in [0.5, 0.6) is 0 Å². The maximum absolute atomic E-state index is 5.66. The number of anilines is 2. The van der Waals surface area contributed by atoms with Crippen molar-refractivity contribution in [3.63, 3.8) is 0 Å². The van der Waals surface area contributed by atoms with E-state index in [9.17, 15) is 0 Å². The van der Waals surface area contributed by atoms with Crippen LogP contribution in [0.2, 0.25) is 0 Å². The molecule has 1 atom stereocenters. The number of nitrogens with zero attached hydrogens (tertiary/aromatic N) is 3. The minimum atomic E-state index is -0.0823. The Bertz CT molecular complexity index is 463. The second-order valence-corrected chi connectivity index (χ2v) is 6.05. The van der Waals surface area contributed by atoms with E-state index in [1.165, 1.54) is 0 Å². The van der Waals surface area contributed by atoms with Crippen molar-refractivity contribution in [3.8, 4) is 0 Å². The van der Waals surface area contributed by atoms with E-state index in [0.717, 1.165) is 43.4 Å². The van der Waals surface area contributed by atoms with Gasteiger partial charge < -0.3 is 15.0 Å². The summed E-state index contributed by atoms with van der Waals surface area (Å²) in [6.07, 6.45) is 2.22. The predicted octanol–water partition coefficient (Wildman–Crippen LogP) is 2.65. The molecule has 20 heavy (non-hydrogen) atoms. The first-order valence-electron chi connectivity index (χ1n) is 7.34. The van der Waals surface area contributed by atoms with Gasteiger partial charge in [-0.1, -0.05) is 13.8 Å². The summed E-state index contributed by atoms with van der Waals surface area (Å²) in [6, 6.07) is 2.02. The Balaban J connectivity index is 2.29. The van der Waals surface area contributed by atoms with Crippen molar-refractivity contribution in [2.75, 3.05) is 37.5 Å². The SMILES string of the molecule is CNc1cc(N2CCCC(C)(OC)C2)nc(C(C)C)n1. The van der Waals surface area contributed by atoms with Crippen LogP contribution in [0.15, 0.2) is 6.07 Å². The van der Waals surface area contributed by atoms with E-state index in [1.807, 2.05) is 13.1 Å². The first-order valence-corrected chi connectivity index (χ1v) is 7.34. The number of hydrogen-bond donors (Lipinski definition) is 1. The van der Waals surface area contributed by atoms with Gasteiger partial charge in [-0.25, -0.2) is 9.97 Å². The van der Waals surface area contributed by atoms with E-state index in [4.69, 9.17) is 9.72 Å². The van der Waals surface area contributed by atoms with Gasteiger partial charge >= 0.3 is 0 Å². The zero-order valence-corrected chi connectivity index (χ0v) is 13.2. The average Bonchev–Trinajstić information content (AvgIpc) is 2.46. The second-order valence-electron chi connectivity index (χ2n) is 6.05. The molecule has 2 rings (SSSR count). The van der Waals surface area contributed by atoms with Crippen LogP contribution < -0.4 is 10.2 Å². The van der Waals surface area contributed by atoms with Gasteiger partial charge in [-0.05, 0) is 19.8 Å². The number of piperidine rings is 1. The molecule has 0 spiro atoms. The molecule has 0 aromatic carbocycles. The van der Waals surface area contributed by atoms with Crippen LogP contribution >= 0.6 is 0 Å². The highest BCUT2D eigenvalue weighted by Crippen LogP contribution is 2.28. The molecular formula is C15H26N4O. The Morgan fingerprint density at radius 2 is 2.15 bits per heavy atom. The zero-order chi connectivity index (χ0) is 14.8. The minimum absolute atomic E-state index is 0.0823. The van der Waals surface area contributed by atoms with Gasteiger partial charge in [-0.3, -0.25) is 0 Å². The molecule has 1 aromatic heterocycles. The Kier molecular flexibility index (Phi) is 4.48. The largest absolute Gasteiger partial charge is 0.377 e. The third-order valence-electron chi connectivity index (χ3n) is 3.98. The maximum Gasteiger partial charge on any atom is 0.135 e. The zero-order valence-electron chi connectivity index (χ0n) is 13.2. The van der Waals surface area contributed by atoms with Crippen molar-refractivity contribution in [2.45, 2.75) is 45.1 Å². The summed E-state index contributed by atoms with van der Waals surface area (Å²) in [5.41, 5.74) is -0.0823. The summed E-state index contributed by atoms with van der Waals surface area (Å²) in [4.78, 5) is 11.6. The lowest BCUT2D eigenvalue weighted by atomic mass is 9.95. The summed E-state index contributed by atoms with van der Waals surface area (Å²) in [5, 5.41) is 3.13. The molecular weight excluding hydrogens is 252 g/mol. The van der Waals surface area contributed by atoms with E-state index in [0.29, 0.717) is 5.92 Å². The number of methoxy groups -OCH3 is 1. The molecule has 1 fully saturated rings. The van der Waals surface area contributed by atoms with E-state index in [1.54, 1.807) is 7.11 Å². The van der Waals surface area contributed by atoms with Crippen LogP contribution in [0.1, 0.15) is 45.4 Å². The highest BCUT2D eigenvalue weighted by atomic mass is 16.5. The average molecular weight is 278 g/mol. The van der Waals surface area contributed by atoms with Crippen molar-refractivity contribution < 1.29 is 4.74 Å². The number of ether oxygens (including phenoxy) is 1. The molecule has 1 aliphatic heterocycles. The minimum Gasteiger partial charge on any atom is -0.377 e. The molecule has 1 aromatic rings. The third-order valence-corrected chi connectivity index (χ3v) is 3.98. The molecule has 1 saturated heterocycles. The molecule has 0 bridgehead atoms. The van der Waals surface area contributed by atoms with Gasteiger partial charge in [0.2, 0.25) is 0 Å². The van der Waals surface area contributed by atoms with Gasteiger partial charge in [0.15, 0.2) is 0 Å². The molecule has 5 heteroatoms. The smallest absolute Gasteiger partial charge is 0.135 e. The molecule has 0 aliphatic carbocycles. The fourth-order valence-corrected chi connectivity index (χ4v) is 2.57. The third kappa shape index (κ3) is 3.20. The number of nitrogens with one attached hydrogen (secondary N) is 1. The van der Waals surface area contributed by atoms with E-state index in [-0.39, 0.29) is 5.60 Å². The van der Waals surface area contributed by atoms with Crippen molar-refractivity contribution >= 4 is 11.6 Å². The van der Waals surface area contributed by atoms with Gasteiger partial charge in [-0.2, -0.15) is 0 Å². The van der Waals surface area contributed by atoms with Gasteiger partial charge in [0, 0.05) is 39.2 Å². The molecule has 1 N–H and O–H groups in total. The molecule has 5 nitrogen and oxygen atoms in total. The molecule has 0 amide bonds. The van der Waals surface area contributed by atoms with Crippen LogP contribution in [-0.2, 0) is 4.74 Å². The fraction of sp³-hybridized carbons (Fsp3) is 0.733. The van der Waals surface area contributed by atoms with Crippen LogP contribution in [0, 0.1) is 0 Å². The van der Waals surface area contributed by atoms with Gasteiger partial charge in [0.1, 0.15) is 17.5 Å². The molecule has 1 unspecified atom stereocenters. The Labute approximate surface area is 121 Å². The highest BCUT2D eigenvalue weighted by Gasteiger charge is 2.31. The molecule has 0 radical (unpaired) electrons. The quantitative estimate of drug-likeness (QED) is 0.917. The van der Waals surface area contributed by atoms with Crippen molar-refractivity contribution in [2.24, 2.45) is 0 Å². The maximum atomic E-state index is 5.66. The molecule has 0 saturated carbocycles. The lowest BCUT2D eigenvalue weighted by molar-refractivity contribution is -0.00482. The molecule has 112 valence electrons. The van der Waals surface area contributed by atoms with Gasteiger partial charge in [-0.15, -0.1) is 0 Å². The Morgan fingerprint density at radius 1 is 1.40 bits per heavy atom.